The third-order valence-corrected chi connectivity index (χ3v) is 8.44. The van der Waals surface area contributed by atoms with Gasteiger partial charge in [-0.1, -0.05) is 115 Å². The van der Waals surface area contributed by atoms with E-state index < -0.39 is 0 Å². The van der Waals surface area contributed by atoms with Crippen LogP contribution in [0.2, 0.25) is 0 Å². The Bertz CT molecular complexity index is 2490. The van der Waals surface area contributed by atoms with E-state index in [4.69, 9.17) is 10.2 Å². The number of benzene rings is 7. The van der Waals surface area contributed by atoms with Gasteiger partial charge in [0.05, 0.1) is 11.0 Å². The van der Waals surface area contributed by atoms with Crippen molar-refractivity contribution in [2.45, 2.75) is 0 Å². The lowest BCUT2D eigenvalue weighted by atomic mass is 9.98. The second kappa shape index (κ2) is 8.48. The Morgan fingerprint density at radius 1 is 0.366 bits per heavy atom. The molecule has 2 heterocycles. The monoisotopic (exact) mass is 521 g/mol. The first-order valence-corrected chi connectivity index (χ1v) is 13.9. The van der Waals surface area contributed by atoms with Crippen LogP contribution in [0.4, 0.5) is 0 Å². The van der Waals surface area contributed by atoms with E-state index in [9.17, 15) is 0 Å². The summed E-state index contributed by atoms with van der Waals surface area (Å²) < 4.78 is 2.28. The van der Waals surface area contributed by atoms with E-state index in [1.807, 2.05) is 0 Å². The fourth-order valence-corrected chi connectivity index (χ4v) is 6.51. The van der Waals surface area contributed by atoms with Crippen molar-refractivity contribution < 1.29 is 0 Å². The first kappa shape index (κ1) is 22.3. The van der Waals surface area contributed by atoms with Gasteiger partial charge < -0.3 is 0 Å². The molecule has 41 heavy (non-hydrogen) atoms. The summed E-state index contributed by atoms with van der Waals surface area (Å²) in [6, 6.07) is 49.8. The molecule has 7 aromatic carbocycles. The molecule has 3 nitrogen and oxygen atoms in total. The van der Waals surface area contributed by atoms with E-state index >= 15 is 0 Å². The van der Waals surface area contributed by atoms with Crippen molar-refractivity contribution >= 4 is 64.9 Å². The molecule has 0 unspecified atom stereocenters. The third kappa shape index (κ3) is 3.26. The first-order chi connectivity index (χ1) is 20.3. The molecule has 0 aliphatic heterocycles. The van der Waals surface area contributed by atoms with Gasteiger partial charge in [0, 0.05) is 27.1 Å². The number of rotatable bonds is 2. The maximum Gasteiger partial charge on any atom is 0.168 e. The summed E-state index contributed by atoms with van der Waals surface area (Å²) in [6.07, 6.45) is 0. The minimum absolute atomic E-state index is 0.845. The highest BCUT2D eigenvalue weighted by atomic mass is 15.2. The molecule has 190 valence electrons. The van der Waals surface area contributed by atoms with Gasteiger partial charge >= 0.3 is 0 Å². The van der Waals surface area contributed by atoms with Crippen LogP contribution in [0.5, 0.6) is 0 Å². The van der Waals surface area contributed by atoms with Crippen molar-refractivity contribution in [2.24, 2.45) is 0 Å². The molecule has 0 fully saturated rings. The Morgan fingerprint density at radius 3 is 1.85 bits per heavy atom. The summed E-state index contributed by atoms with van der Waals surface area (Å²) >= 11 is 0. The minimum atomic E-state index is 0.845. The highest BCUT2D eigenvalue weighted by Gasteiger charge is 2.18. The van der Waals surface area contributed by atoms with Crippen LogP contribution in [0.3, 0.4) is 0 Å². The summed E-state index contributed by atoms with van der Waals surface area (Å²) in [7, 11) is 0. The zero-order valence-electron chi connectivity index (χ0n) is 22.1. The van der Waals surface area contributed by atoms with Gasteiger partial charge in [0.15, 0.2) is 5.82 Å². The molecular weight excluding hydrogens is 498 g/mol. The highest BCUT2D eigenvalue weighted by molar-refractivity contribution is 6.15. The van der Waals surface area contributed by atoms with Gasteiger partial charge in [0.2, 0.25) is 0 Å². The molecule has 0 atom stereocenters. The lowest BCUT2D eigenvalue weighted by molar-refractivity contribution is 0.977. The number of hydrogen-bond donors (Lipinski definition) is 0. The molecule has 9 aromatic rings. The molecule has 0 bridgehead atoms. The maximum absolute atomic E-state index is 4.95. The molecule has 0 radical (unpaired) electrons. The zero-order valence-corrected chi connectivity index (χ0v) is 22.1. The Kier molecular flexibility index (Phi) is 4.61. The number of aromatic nitrogens is 3. The summed E-state index contributed by atoms with van der Waals surface area (Å²) in [5, 5.41) is 21.9. The van der Waals surface area contributed by atoms with Crippen LogP contribution in [0.15, 0.2) is 140 Å². The van der Waals surface area contributed by atoms with Crippen LogP contribution in [-0.2, 0) is 0 Å². The summed E-state index contributed by atoms with van der Waals surface area (Å²) in [5.74, 6) is 0.845. The van der Waals surface area contributed by atoms with Crippen molar-refractivity contribution in [1.29, 1.82) is 0 Å². The average molecular weight is 522 g/mol. The maximum atomic E-state index is 4.95. The minimum Gasteiger partial charge on any atom is -0.292 e. The number of para-hydroxylation sites is 1. The molecule has 0 spiro atoms. The predicted octanol–water partition coefficient (Wildman–Crippen LogP) is 9.85. The van der Waals surface area contributed by atoms with Crippen LogP contribution in [0.25, 0.3) is 82.0 Å². The largest absolute Gasteiger partial charge is 0.292 e. The van der Waals surface area contributed by atoms with Crippen molar-refractivity contribution in [1.82, 2.24) is 14.8 Å². The SMILES string of the molecule is c1ccc2cc3c(cc2c1)c1ccccc1n3-c1nnc(-c2ccc3c(ccc4ccccc43)c2)c2ccccc12. The quantitative estimate of drug-likeness (QED) is 0.212. The molecular formula is C38H23N3. The van der Waals surface area contributed by atoms with E-state index in [0.29, 0.717) is 0 Å². The van der Waals surface area contributed by atoms with Crippen molar-refractivity contribution in [2.75, 3.05) is 0 Å². The molecule has 0 saturated heterocycles. The number of nitrogens with zero attached hydrogens (tertiary/aromatic N) is 3. The van der Waals surface area contributed by atoms with Gasteiger partial charge in [0.1, 0.15) is 5.69 Å². The van der Waals surface area contributed by atoms with Crippen molar-refractivity contribution in [3.8, 4) is 17.1 Å². The van der Waals surface area contributed by atoms with E-state index in [0.717, 1.165) is 38.9 Å². The molecule has 0 saturated carbocycles. The summed E-state index contributed by atoms with van der Waals surface area (Å²) in [4.78, 5) is 0. The number of fused-ring (bicyclic) bond motifs is 8. The van der Waals surface area contributed by atoms with Gasteiger partial charge in [-0.2, -0.15) is 0 Å². The highest BCUT2D eigenvalue weighted by Crippen LogP contribution is 2.38. The van der Waals surface area contributed by atoms with Crippen LogP contribution in [0, 0.1) is 0 Å². The summed E-state index contributed by atoms with van der Waals surface area (Å²) in [6.45, 7) is 0. The average Bonchev–Trinajstić information content (AvgIpc) is 3.35. The third-order valence-electron chi connectivity index (χ3n) is 8.44. The van der Waals surface area contributed by atoms with Gasteiger partial charge in [-0.05, 0) is 56.6 Å². The molecule has 0 aliphatic rings. The second-order valence-corrected chi connectivity index (χ2v) is 10.7. The Balaban J connectivity index is 1.31. The van der Waals surface area contributed by atoms with Gasteiger partial charge in [-0.15, -0.1) is 10.2 Å². The Morgan fingerprint density at radius 2 is 1.00 bits per heavy atom. The normalized spacial score (nSPS) is 11.9. The number of hydrogen-bond acceptors (Lipinski definition) is 2. The summed E-state index contributed by atoms with van der Waals surface area (Å²) in [5.41, 5.74) is 4.22. The molecule has 0 aliphatic carbocycles. The van der Waals surface area contributed by atoms with Crippen LogP contribution >= 0.6 is 0 Å². The van der Waals surface area contributed by atoms with Crippen LogP contribution in [0.1, 0.15) is 0 Å². The fraction of sp³-hybridized carbons (Fsp3) is 0. The fourth-order valence-electron chi connectivity index (χ4n) is 6.51. The van der Waals surface area contributed by atoms with E-state index in [-0.39, 0.29) is 0 Å². The Labute approximate surface area is 235 Å². The van der Waals surface area contributed by atoms with Crippen molar-refractivity contribution in [3.05, 3.63) is 140 Å². The van der Waals surface area contributed by atoms with E-state index in [1.165, 1.54) is 43.1 Å². The molecule has 2 aromatic heterocycles. The van der Waals surface area contributed by atoms with E-state index in [2.05, 4.69) is 144 Å². The lowest BCUT2D eigenvalue weighted by Crippen LogP contribution is -2.02. The van der Waals surface area contributed by atoms with E-state index in [1.54, 1.807) is 0 Å². The standard InChI is InChI=1S/C38H23N3/c1-2-11-26-23-36-34(22-25(26)10-1)31-13-7-8-16-35(31)41(36)38-33-15-6-5-14-32(33)37(39-40-38)28-19-20-30-27(21-28)18-17-24-9-3-4-12-29(24)30/h1-23H. The molecule has 9 rings (SSSR count). The second-order valence-electron chi connectivity index (χ2n) is 10.7. The van der Waals surface area contributed by atoms with Crippen LogP contribution in [-0.4, -0.2) is 14.8 Å². The molecule has 3 heteroatoms. The lowest BCUT2D eigenvalue weighted by Gasteiger charge is -2.13. The zero-order chi connectivity index (χ0) is 26.9. The Hall–Kier alpha value is -5.54. The predicted molar refractivity (Wildman–Crippen MR) is 172 cm³/mol. The van der Waals surface area contributed by atoms with Crippen molar-refractivity contribution in [3.63, 3.8) is 0 Å². The molecule has 0 amide bonds. The van der Waals surface area contributed by atoms with Gasteiger partial charge in [-0.25, -0.2) is 0 Å². The van der Waals surface area contributed by atoms with Gasteiger partial charge in [0.25, 0.3) is 0 Å². The van der Waals surface area contributed by atoms with Gasteiger partial charge in [-0.3, -0.25) is 4.57 Å². The molecule has 0 N–H and O–H groups in total. The smallest absolute Gasteiger partial charge is 0.168 e. The van der Waals surface area contributed by atoms with Crippen LogP contribution < -0.4 is 0 Å². The topological polar surface area (TPSA) is 30.7 Å². The first-order valence-electron chi connectivity index (χ1n) is 13.9.